The highest BCUT2D eigenvalue weighted by Crippen LogP contribution is 2.25. The average Bonchev–Trinajstić information content (AvgIpc) is 3.16. The highest BCUT2D eigenvalue weighted by atomic mass is 32.2. The van der Waals surface area contributed by atoms with Crippen molar-refractivity contribution >= 4 is 29.0 Å². The number of alkyl halides is 2. The van der Waals surface area contributed by atoms with Crippen molar-refractivity contribution in [1.29, 1.82) is 0 Å². The summed E-state index contributed by atoms with van der Waals surface area (Å²) in [5.41, 5.74) is 2.58. The minimum absolute atomic E-state index is 0.294. The van der Waals surface area contributed by atoms with E-state index in [2.05, 4.69) is 10.3 Å². The van der Waals surface area contributed by atoms with Crippen LogP contribution in [0.1, 0.15) is 16.1 Å². The Morgan fingerprint density at radius 1 is 1.10 bits per heavy atom. The molecule has 0 saturated heterocycles. The predicted octanol–water partition coefficient (Wildman–Crippen LogP) is 5.48. The summed E-state index contributed by atoms with van der Waals surface area (Å²) in [6.07, 6.45) is 3.82. The van der Waals surface area contributed by atoms with Crippen LogP contribution in [-0.4, -0.2) is 21.0 Å². The van der Waals surface area contributed by atoms with Crippen LogP contribution in [0.25, 0.3) is 5.65 Å². The molecule has 0 saturated carbocycles. The molecule has 1 amide bonds. The monoisotopic (exact) mass is 425 g/mol. The first-order valence-electron chi connectivity index (χ1n) is 9.08. The Morgan fingerprint density at radius 3 is 2.70 bits per heavy atom. The number of thioether (sulfide) groups is 1. The summed E-state index contributed by atoms with van der Waals surface area (Å²) < 4.78 is 32.5. The van der Waals surface area contributed by atoms with Crippen molar-refractivity contribution in [1.82, 2.24) is 9.38 Å². The normalized spacial score (nSPS) is 11.0. The molecular formula is C22H17F2N3O2S. The van der Waals surface area contributed by atoms with E-state index < -0.39 is 5.76 Å². The molecule has 30 heavy (non-hydrogen) atoms. The number of imidazole rings is 1. The molecule has 2 heterocycles. The molecular weight excluding hydrogens is 408 g/mol. The quantitative estimate of drug-likeness (QED) is 0.399. The first-order valence-corrected chi connectivity index (χ1v) is 9.96. The lowest BCUT2D eigenvalue weighted by Crippen LogP contribution is -2.11. The molecule has 0 unspecified atom stereocenters. The Bertz CT molecular complexity index is 1130. The number of nitrogens with one attached hydrogen (secondary N) is 1. The number of fused-ring (bicyclic) bond motifs is 1. The van der Waals surface area contributed by atoms with Crippen LogP contribution in [0.15, 0.2) is 84.0 Å². The third-order valence-corrected chi connectivity index (χ3v) is 4.96. The van der Waals surface area contributed by atoms with Crippen molar-refractivity contribution in [3.05, 3.63) is 90.4 Å². The third kappa shape index (κ3) is 4.96. The van der Waals surface area contributed by atoms with E-state index in [1.54, 1.807) is 24.3 Å². The zero-order valence-electron chi connectivity index (χ0n) is 15.7. The topological polar surface area (TPSA) is 55.6 Å². The Hall–Kier alpha value is -3.39. The van der Waals surface area contributed by atoms with E-state index >= 15 is 0 Å². The van der Waals surface area contributed by atoms with Crippen molar-refractivity contribution in [3.8, 4) is 5.75 Å². The van der Waals surface area contributed by atoms with Crippen LogP contribution in [0.4, 0.5) is 14.5 Å². The highest BCUT2D eigenvalue weighted by Gasteiger charge is 2.10. The number of benzene rings is 2. The van der Waals surface area contributed by atoms with Gasteiger partial charge in [0.25, 0.3) is 11.7 Å². The fraction of sp³-hybridized carbons (Fsp3) is 0.0909. The SMILES string of the molecule is O=C(Nc1cccc(OCc2cn3ccccc3n2)c1)c1ccc(SC(F)F)cc1. The zero-order chi connectivity index (χ0) is 20.9. The molecule has 152 valence electrons. The van der Waals surface area contributed by atoms with Gasteiger partial charge in [-0.05, 0) is 48.5 Å². The zero-order valence-corrected chi connectivity index (χ0v) is 16.5. The van der Waals surface area contributed by atoms with Crippen LogP contribution in [0.2, 0.25) is 0 Å². The van der Waals surface area contributed by atoms with Gasteiger partial charge in [0, 0.05) is 34.6 Å². The molecule has 0 aliphatic carbocycles. The second-order valence-corrected chi connectivity index (χ2v) is 7.44. The van der Waals surface area contributed by atoms with Gasteiger partial charge in [-0.1, -0.05) is 23.9 Å². The molecule has 0 fully saturated rings. The number of pyridine rings is 1. The van der Waals surface area contributed by atoms with Gasteiger partial charge in [-0.3, -0.25) is 4.79 Å². The Labute approximate surface area is 175 Å². The number of hydrogen-bond acceptors (Lipinski definition) is 4. The van der Waals surface area contributed by atoms with Gasteiger partial charge in [0.1, 0.15) is 18.0 Å². The fourth-order valence-electron chi connectivity index (χ4n) is 2.87. The summed E-state index contributed by atoms with van der Waals surface area (Å²) >= 11 is 0.441. The van der Waals surface area contributed by atoms with Crippen molar-refractivity contribution in [2.24, 2.45) is 0 Å². The van der Waals surface area contributed by atoms with E-state index in [9.17, 15) is 13.6 Å². The molecule has 5 nitrogen and oxygen atoms in total. The van der Waals surface area contributed by atoms with E-state index in [1.165, 1.54) is 24.3 Å². The van der Waals surface area contributed by atoms with E-state index in [0.717, 1.165) is 11.3 Å². The van der Waals surface area contributed by atoms with E-state index in [1.807, 2.05) is 35.0 Å². The number of nitrogens with zero attached hydrogens (tertiary/aromatic N) is 2. The van der Waals surface area contributed by atoms with Gasteiger partial charge in [0.15, 0.2) is 0 Å². The Kier molecular flexibility index (Phi) is 5.94. The average molecular weight is 425 g/mol. The number of amides is 1. The Morgan fingerprint density at radius 2 is 1.93 bits per heavy atom. The molecule has 8 heteroatoms. The minimum Gasteiger partial charge on any atom is -0.487 e. The van der Waals surface area contributed by atoms with Crippen LogP contribution in [-0.2, 0) is 6.61 Å². The predicted molar refractivity (Wildman–Crippen MR) is 112 cm³/mol. The number of aromatic nitrogens is 2. The fourth-order valence-corrected chi connectivity index (χ4v) is 3.37. The number of hydrogen-bond donors (Lipinski definition) is 1. The summed E-state index contributed by atoms with van der Waals surface area (Å²) in [4.78, 5) is 17.3. The summed E-state index contributed by atoms with van der Waals surface area (Å²) in [5.74, 6) is -2.23. The smallest absolute Gasteiger partial charge is 0.288 e. The lowest BCUT2D eigenvalue weighted by atomic mass is 10.2. The second-order valence-electron chi connectivity index (χ2n) is 6.37. The van der Waals surface area contributed by atoms with Crippen LogP contribution >= 0.6 is 11.8 Å². The summed E-state index contributed by atoms with van der Waals surface area (Å²) in [6.45, 7) is 0.294. The molecule has 0 radical (unpaired) electrons. The molecule has 4 aromatic rings. The van der Waals surface area contributed by atoms with E-state index in [0.29, 0.717) is 40.3 Å². The van der Waals surface area contributed by atoms with Crippen molar-refractivity contribution in [3.63, 3.8) is 0 Å². The molecule has 0 spiro atoms. The Balaban J connectivity index is 1.38. The maximum atomic E-state index is 12.4. The lowest BCUT2D eigenvalue weighted by molar-refractivity contribution is 0.102. The molecule has 0 aliphatic heterocycles. The second kappa shape index (κ2) is 8.96. The molecule has 0 bridgehead atoms. The van der Waals surface area contributed by atoms with Crippen molar-refractivity contribution in [2.75, 3.05) is 5.32 Å². The van der Waals surface area contributed by atoms with Gasteiger partial charge in [0.2, 0.25) is 0 Å². The van der Waals surface area contributed by atoms with Gasteiger partial charge < -0.3 is 14.5 Å². The third-order valence-electron chi connectivity index (χ3n) is 4.23. The molecule has 0 atom stereocenters. The van der Waals surface area contributed by atoms with Gasteiger partial charge in [-0.15, -0.1) is 0 Å². The summed E-state index contributed by atoms with van der Waals surface area (Å²) in [7, 11) is 0. The number of halogens is 2. The van der Waals surface area contributed by atoms with Crippen LogP contribution in [0.3, 0.4) is 0 Å². The summed E-state index contributed by atoms with van der Waals surface area (Å²) in [6, 6.07) is 18.8. The van der Waals surface area contributed by atoms with Crippen LogP contribution in [0, 0.1) is 0 Å². The molecule has 2 aromatic heterocycles. The van der Waals surface area contributed by atoms with Gasteiger partial charge in [-0.25, -0.2) is 4.98 Å². The van der Waals surface area contributed by atoms with Gasteiger partial charge in [-0.2, -0.15) is 8.78 Å². The maximum absolute atomic E-state index is 12.4. The number of ether oxygens (including phenoxy) is 1. The largest absolute Gasteiger partial charge is 0.487 e. The van der Waals surface area contributed by atoms with Crippen LogP contribution in [0.5, 0.6) is 5.75 Å². The van der Waals surface area contributed by atoms with Crippen molar-refractivity contribution in [2.45, 2.75) is 17.3 Å². The standard InChI is InChI=1S/C22H17F2N3O2S/c23-22(24)30-19-9-7-15(8-10-19)21(28)26-16-4-3-5-18(12-16)29-14-17-13-27-11-2-1-6-20(27)25-17/h1-13,22H,14H2,(H,26,28). The highest BCUT2D eigenvalue weighted by molar-refractivity contribution is 7.99. The summed E-state index contributed by atoms with van der Waals surface area (Å²) in [5, 5.41) is 2.78. The number of carbonyl (C=O) groups excluding carboxylic acids is 1. The molecule has 2 aromatic carbocycles. The molecule has 0 aliphatic rings. The number of anilines is 1. The molecule has 4 rings (SSSR count). The maximum Gasteiger partial charge on any atom is 0.288 e. The van der Waals surface area contributed by atoms with Gasteiger partial charge >= 0.3 is 0 Å². The first-order chi connectivity index (χ1) is 14.6. The van der Waals surface area contributed by atoms with E-state index in [-0.39, 0.29) is 5.91 Å². The molecule has 1 N–H and O–H groups in total. The van der Waals surface area contributed by atoms with Crippen molar-refractivity contribution < 1.29 is 18.3 Å². The van der Waals surface area contributed by atoms with Crippen LogP contribution < -0.4 is 10.1 Å². The number of rotatable bonds is 7. The number of carbonyl (C=O) groups is 1. The lowest BCUT2D eigenvalue weighted by Gasteiger charge is -2.09. The first kappa shape index (κ1) is 19.9. The van der Waals surface area contributed by atoms with E-state index in [4.69, 9.17) is 4.74 Å². The minimum atomic E-state index is -2.49. The van der Waals surface area contributed by atoms with Gasteiger partial charge in [0.05, 0.1) is 5.69 Å².